The maximum absolute atomic E-state index is 13.3. The molecule has 0 aliphatic heterocycles. The lowest BCUT2D eigenvalue weighted by Gasteiger charge is -2.56. The molecule has 0 radical (unpaired) electrons. The number of benzene rings is 2. The molecule has 2 atom stereocenters. The molecule has 0 spiro atoms. The van der Waals surface area contributed by atoms with Crippen LogP contribution < -0.4 is 0 Å². The first-order valence-corrected chi connectivity index (χ1v) is 8.24. The van der Waals surface area contributed by atoms with E-state index in [0.717, 1.165) is 12.8 Å². The van der Waals surface area contributed by atoms with Crippen molar-refractivity contribution in [2.24, 2.45) is 17.3 Å². The van der Waals surface area contributed by atoms with Gasteiger partial charge in [-0.15, -0.1) is 0 Å². The Balaban J connectivity index is 1.97. The first kappa shape index (κ1) is 13.8. The zero-order chi connectivity index (χ0) is 15.4. The Kier molecular flexibility index (Phi) is 2.84. The minimum absolute atomic E-state index is 0.213. The van der Waals surface area contributed by atoms with E-state index in [-0.39, 0.29) is 11.3 Å². The summed E-state index contributed by atoms with van der Waals surface area (Å²) in [7, 11) is 0. The van der Waals surface area contributed by atoms with E-state index in [2.05, 4.69) is 62.4 Å². The Labute approximate surface area is 132 Å². The van der Waals surface area contributed by atoms with Crippen LogP contribution in [0.1, 0.15) is 37.8 Å². The lowest BCUT2D eigenvalue weighted by molar-refractivity contribution is -0.146. The molecular weight excluding hydrogens is 268 g/mol. The van der Waals surface area contributed by atoms with Crippen molar-refractivity contribution in [1.82, 2.24) is 0 Å². The SMILES string of the molecule is CC1(C)CCC2C(=O)C(c3ccccc3)(c3ccccc3)C21. The molecule has 0 N–H and O–H groups in total. The highest BCUT2D eigenvalue weighted by atomic mass is 16.1. The summed E-state index contributed by atoms with van der Waals surface area (Å²) in [4.78, 5) is 13.3. The number of ketones is 1. The molecule has 1 heteroatoms. The monoisotopic (exact) mass is 290 g/mol. The van der Waals surface area contributed by atoms with E-state index in [1.165, 1.54) is 11.1 Å². The van der Waals surface area contributed by atoms with Crippen LogP contribution in [-0.2, 0) is 10.2 Å². The zero-order valence-corrected chi connectivity index (χ0v) is 13.3. The quantitative estimate of drug-likeness (QED) is 0.789. The molecule has 2 aromatic carbocycles. The number of hydrogen-bond donors (Lipinski definition) is 0. The number of fused-ring (bicyclic) bond motifs is 1. The summed E-state index contributed by atoms with van der Waals surface area (Å²) < 4.78 is 0. The van der Waals surface area contributed by atoms with Gasteiger partial charge in [-0.05, 0) is 35.3 Å². The predicted octanol–water partition coefficient (Wildman–Crippen LogP) is 4.61. The van der Waals surface area contributed by atoms with Crippen LogP contribution in [0.25, 0.3) is 0 Å². The van der Waals surface area contributed by atoms with Crippen molar-refractivity contribution >= 4 is 5.78 Å². The number of Topliss-reactive ketones (excluding diaryl/α,β-unsaturated/α-hetero) is 1. The Hall–Kier alpha value is -1.89. The average molecular weight is 290 g/mol. The Morgan fingerprint density at radius 2 is 1.36 bits per heavy atom. The lowest BCUT2D eigenvalue weighted by atomic mass is 9.44. The molecule has 2 aromatic rings. The van der Waals surface area contributed by atoms with Crippen LogP contribution in [0.5, 0.6) is 0 Å². The van der Waals surface area contributed by atoms with Crippen molar-refractivity contribution < 1.29 is 4.79 Å². The zero-order valence-electron chi connectivity index (χ0n) is 13.3. The van der Waals surface area contributed by atoms with E-state index in [1.54, 1.807) is 0 Å². The standard InChI is InChI=1S/C21H22O/c1-20(2)14-13-17-18(20)21(19(17)22,15-9-5-3-6-10-15)16-11-7-4-8-12-16/h3-12,17-18H,13-14H2,1-2H3. The molecule has 2 aliphatic carbocycles. The molecule has 0 aromatic heterocycles. The average Bonchev–Trinajstić information content (AvgIpc) is 2.82. The molecule has 1 nitrogen and oxygen atoms in total. The second-order valence-electron chi connectivity index (χ2n) is 7.52. The summed E-state index contributed by atoms with van der Waals surface area (Å²) in [5.74, 6) is 1.09. The van der Waals surface area contributed by atoms with Crippen LogP contribution in [0.15, 0.2) is 60.7 Å². The highest BCUT2D eigenvalue weighted by molar-refractivity contribution is 6.03. The van der Waals surface area contributed by atoms with Crippen LogP contribution in [0.3, 0.4) is 0 Å². The van der Waals surface area contributed by atoms with Gasteiger partial charge >= 0.3 is 0 Å². The first-order valence-electron chi connectivity index (χ1n) is 8.24. The minimum atomic E-state index is -0.437. The number of rotatable bonds is 2. The third kappa shape index (κ3) is 1.57. The summed E-state index contributed by atoms with van der Waals surface area (Å²) in [6.45, 7) is 4.68. The van der Waals surface area contributed by atoms with Crippen molar-refractivity contribution in [2.45, 2.75) is 32.1 Å². The van der Waals surface area contributed by atoms with Crippen LogP contribution in [0.2, 0.25) is 0 Å². The lowest BCUT2D eigenvalue weighted by Crippen LogP contribution is -2.62. The fourth-order valence-corrected chi connectivity index (χ4v) is 5.13. The van der Waals surface area contributed by atoms with Gasteiger partial charge in [0.1, 0.15) is 0 Å². The van der Waals surface area contributed by atoms with Crippen molar-refractivity contribution in [2.75, 3.05) is 0 Å². The predicted molar refractivity (Wildman–Crippen MR) is 88.7 cm³/mol. The Morgan fingerprint density at radius 1 is 0.864 bits per heavy atom. The smallest absolute Gasteiger partial charge is 0.151 e. The summed E-state index contributed by atoms with van der Waals surface area (Å²) in [5, 5.41) is 0. The molecule has 4 rings (SSSR count). The molecule has 0 saturated heterocycles. The summed E-state index contributed by atoms with van der Waals surface area (Å²) >= 11 is 0. The van der Waals surface area contributed by atoms with E-state index < -0.39 is 5.41 Å². The Morgan fingerprint density at radius 3 is 1.86 bits per heavy atom. The van der Waals surface area contributed by atoms with Crippen LogP contribution in [-0.4, -0.2) is 5.78 Å². The van der Waals surface area contributed by atoms with Gasteiger partial charge in [0, 0.05) is 5.92 Å². The fourth-order valence-electron chi connectivity index (χ4n) is 5.13. The molecule has 2 unspecified atom stereocenters. The second-order valence-corrected chi connectivity index (χ2v) is 7.52. The topological polar surface area (TPSA) is 17.1 Å². The van der Waals surface area contributed by atoms with E-state index in [4.69, 9.17) is 0 Å². The molecule has 0 amide bonds. The normalized spacial score (nSPS) is 28.0. The van der Waals surface area contributed by atoms with Gasteiger partial charge < -0.3 is 0 Å². The van der Waals surface area contributed by atoms with Gasteiger partial charge in [-0.25, -0.2) is 0 Å². The number of hydrogen-bond acceptors (Lipinski definition) is 1. The number of carbonyl (C=O) groups excluding carboxylic acids is 1. The van der Waals surface area contributed by atoms with Crippen molar-refractivity contribution in [3.05, 3.63) is 71.8 Å². The highest BCUT2D eigenvalue weighted by Gasteiger charge is 2.69. The largest absolute Gasteiger partial charge is 0.298 e. The van der Waals surface area contributed by atoms with Crippen molar-refractivity contribution in [1.29, 1.82) is 0 Å². The number of carbonyl (C=O) groups is 1. The van der Waals surface area contributed by atoms with Crippen molar-refractivity contribution in [3.63, 3.8) is 0 Å². The molecule has 2 aliphatic rings. The fraction of sp³-hybridized carbons (Fsp3) is 0.381. The highest BCUT2D eigenvalue weighted by Crippen LogP contribution is 2.66. The molecule has 22 heavy (non-hydrogen) atoms. The van der Waals surface area contributed by atoms with E-state index in [0.29, 0.717) is 11.7 Å². The first-order chi connectivity index (χ1) is 10.6. The van der Waals surface area contributed by atoms with Gasteiger partial charge in [-0.3, -0.25) is 4.79 Å². The maximum Gasteiger partial charge on any atom is 0.151 e. The van der Waals surface area contributed by atoms with Gasteiger partial charge in [-0.1, -0.05) is 74.5 Å². The molecule has 2 fully saturated rings. The molecule has 0 heterocycles. The van der Waals surface area contributed by atoms with Crippen LogP contribution in [0.4, 0.5) is 0 Å². The third-order valence-electron chi connectivity index (χ3n) is 5.99. The summed E-state index contributed by atoms with van der Waals surface area (Å²) in [6.07, 6.45) is 2.20. The van der Waals surface area contributed by atoms with Crippen molar-refractivity contribution in [3.8, 4) is 0 Å². The van der Waals surface area contributed by atoms with E-state index in [9.17, 15) is 4.79 Å². The van der Waals surface area contributed by atoms with Gasteiger partial charge in [-0.2, -0.15) is 0 Å². The second kappa shape index (κ2) is 4.55. The summed E-state index contributed by atoms with van der Waals surface area (Å²) in [5.41, 5.74) is 2.11. The maximum atomic E-state index is 13.3. The van der Waals surface area contributed by atoms with Gasteiger partial charge in [0.15, 0.2) is 5.78 Å². The molecule has 0 bridgehead atoms. The third-order valence-corrected chi connectivity index (χ3v) is 5.99. The van der Waals surface area contributed by atoms with E-state index in [1.807, 2.05) is 12.1 Å². The molecule has 2 saturated carbocycles. The van der Waals surface area contributed by atoms with Crippen LogP contribution >= 0.6 is 0 Å². The molecule has 112 valence electrons. The summed E-state index contributed by atoms with van der Waals surface area (Å²) in [6, 6.07) is 20.8. The van der Waals surface area contributed by atoms with Gasteiger partial charge in [0.2, 0.25) is 0 Å². The molecular formula is C21H22O. The van der Waals surface area contributed by atoms with Gasteiger partial charge in [0.05, 0.1) is 5.41 Å². The van der Waals surface area contributed by atoms with Crippen LogP contribution in [0, 0.1) is 17.3 Å². The van der Waals surface area contributed by atoms with Gasteiger partial charge in [0.25, 0.3) is 0 Å². The van der Waals surface area contributed by atoms with E-state index >= 15 is 0 Å². The minimum Gasteiger partial charge on any atom is -0.298 e. The Bertz CT molecular complexity index is 660.